The van der Waals surface area contributed by atoms with E-state index in [1.54, 1.807) is 0 Å². The number of aromatic nitrogens is 5. The zero-order valence-electron chi connectivity index (χ0n) is 13.9. The second-order valence-corrected chi connectivity index (χ2v) is 7.02. The Morgan fingerprint density at radius 2 is 2.04 bits per heavy atom. The summed E-state index contributed by atoms with van der Waals surface area (Å²) in [5.74, 6) is 4.23. The van der Waals surface area contributed by atoms with Crippen LogP contribution in [0.2, 0.25) is 0 Å². The fraction of sp³-hybridized carbons (Fsp3) is 0.647. The minimum absolute atomic E-state index is 0.399. The van der Waals surface area contributed by atoms with Crippen LogP contribution in [0.25, 0.3) is 0 Å². The maximum absolute atomic E-state index is 4.80. The third-order valence-electron chi connectivity index (χ3n) is 4.87. The van der Waals surface area contributed by atoms with E-state index in [0.29, 0.717) is 17.9 Å². The topological polar surface area (TPSA) is 59.7 Å². The molecule has 1 unspecified atom stereocenters. The fourth-order valence-electron chi connectivity index (χ4n) is 3.42. The number of hydrogen-bond donors (Lipinski definition) is 0. The van der Waals surface area contributed by atoms with Crippen LogP contribution in [0.3, 0.4) is 0 Å². The molecular formula is C17H24N6. The molecule has 2 aliphatic rings. The van der Waals surface area contributed by atoms with E-state index in [1.807, 2.05) is 18.6 Å². The van der Waals surface area contributed by atoms with Crippen LogP contribution in [0.4, 0.5) is 5.82 Å². The van der Waals surface area contributed by atoms with Gasteiger partial charge in [0, 0.05) is 37.2 Å². The summed E-state index contributed by atoms with van der Waals surface area (Å²) in [4.78, 5) is 11.6. The normalized spacial score (nSPS) is 21.9. The Morgan fingerprint density at radius 3 is 2.83 bits per heavy atom. The van der Waals surface area contributed by atoms with Gasteiger partial charge in [0.05, 0.1) is 0 Å². The standard InChI is InChI=1S/C17H24N6/c1-12(2)23-11-19-21-17(23)14-4-3-9-22(10-14)15-7-8-18-16(20-15)13-5-6-13/h7-8,11-14H,3-6,9-10H2,1-2H3. The molecule has 1 aliphatic carbocycles. The summed E-state index contributed by atoms with van der Waals surface area (Å²) in [6, 6.07) is 2.44. The molecule has 1 saturated heterocycles. The van der Waals surface area contributed by atoms with E-state index in [4.69, 9.17) is 4.98 Å². The maximum atomic E-state index is 4.80. The van der Waals surface area contributed by atoms with E-state index in [0.717, 1.165) is 30.6 Å². The molecule has 122 valence electrons. The molecule has 2 fully saturated rings. The summed E-state index contributed by atoms with van der Waals surface area (Å²) in [5.41, 5.74) is 0. The van der Waals surface area contributed by atoms with Gasteiger partial charge in [0.1, 0.15) is 23.8 Å². The Hall–Kier alpha value is -1.98. The maximum Gasteiger partial charge on any atom is 0.137 e. The average Bonchev–Trinajstić information content (AvgIpc) is 3.31. The predicted molar refractivity (Wildman–Crippen MR) is 88.6 cm³/mol. The van der Waals surface area contributed by atoms with Crippen LogP contribution in [-0.2, 0) is 0 Å². The first-order chi connectivity index (χ1) is 11.2. The first kappa shape index (κ1) is 14.6. The van der Waals surface area contributed by atoms with Gasteiger partial charge in [0.25, 0.3) is 0 Å². The smallest absolute Gasteiger partial charge is 0.137 e. The molecule has 0 spiro atoms. The van der Waals surface area contributed by atoms with Gasteiger partial charge in [0.2, 0.25) is 0 Å². The molecule has 23 heavy (non-hydrogen) atoms. The highest BCUT2D eigenvalue weighted by atomic mass is 15.3. The number of rotatable bonds is 4. The molecule has 1 saturated carbocycles. The van der Waals surface area contributed by atoms with Crippen molar-refractivity contribution in [3.63, 3.8) is 0 Å². The van der Waals surface area contributed by atoms with Crippen molar-refractivity contribution in [3.8, 4) is 0 Å². The van der Waals surface area contributed by atoms with Gasteiger partial charge < -0.3 is 9.47 Å². The highest BCUT2D eigenvalue weighted by Crippen LogP contribution is 2.38. The van der Waals surface area contributed by atoms with Crippen LogP contribution >= 0.6 is 0 Å². The van der Waals surface area contributed by atoms with Gasteiger partial charge in [-0.15, -0.1) is 10.2 Å². The molecular weight excluding hydrogens is 288 g/mol. The minimum atomic E-state index is 0.399. The van der Waals surface area contributed by atoms with Crippen molar-refractivity contribution in [1.29, 1.82) is 0 Å². The summed E-state index contributed by atoms with van der Waals surface area (Å²) in [6.07, 6.45) is 8.58. The van der Waals surface area contributed by atoms with E-state index in [-0.39, 0.29) is 0 Å². The number of anilines is 1. The molecule has 1 aliphatic heterocycles. The monoisotopic (exact) mass is 312 g/mol. The Bertz CT molecular complexity index is 675. The van der Waals surface area contributed by atoms with Crippen molar-refractivity contribution in [2.24, 2.45) is 0 Å². The molecule has 6 nitrogen and oxygen atoms in total. The second-order valence-electron chi connectivity index (χ2n) is 7.02. The number of piperidine rings is 1. The first-order valence-electron chi connectivity index (χ1n) is 8.69. The van der Waals surface area contributed by atoms with Crippen molar-refractivity contribution in [3.05, 3.63) is 30.2 Å². The second kappa shape index (κ2) is 5.91. The predicted octanol–water partition coefficient (Wildman–Crippen LogP) is 2.91. The summed E-state index contributed by atoms with van der Waals surface area (Å²) in [5, 5.41) is 8.53. The summed E-state index contributed by atoms with van der Waals surface area (Å²) >= 11 is 0. The average molecular weight is 312 g/mol. The molecule has 0 amide bonds. The highest BCUT2D eigenvalue weighted by Gasteiger charge is 2.29. The van der Waals surface area contributed by atoms with E-state index in [2.05, 4.69) is 38.5 Å². The number of hydrogen-bond acceptors (Lipinski definition) is 5. The zero-order valence-corrected chi connectivity index (χ0v) is 13.9. The van der Waals surface area contributed by atoms with Crippen LogP contribution < -0.4 is 4.90 Å². The van der Waals surface area contributed by atoms with Gasteiger partial charge >= 0.3 is 0 Å². The lowest BCUT2D eigenvalue weighted by molar-refractivity contribution is 0.453. The minimum Gasteiger partial charge on any atom is -0.356 e. The van der Waals surface area contributed by atoms with Crippen molar-refractivity contribution in [2.45, 2.75) is 57.4 Å². The van der Waals surface area contributed by atoms with Crippen molar-refractivity contribution in [1.82, 2.24) is 24.7 Å². The summed E-state index contributed by atoms with van der Waals surface area (Å²) in [6.45, 7) is 6.39. The van der Waals surface area contributed by atoms with Crippen molar-refractivity contribution >= 4 is 5.82 Å². The molecule has 2 aromatic rings. The van der Waals surface area contributed by atoms with Gasteiger partial charge in [-0.1, -0.05) is 0 Å². The Balaban J connectivity index is 1.55. The fourth-order valence-corrected chi connectivity index (χ4v) is 3.42. The van der Waals surface area contributed by atoms with E-state index < -0.39 is 0 Å². The largest absolute Gasteiger partial charge is 0.356 e. The van der Waals surface area contributed by atoms with E-state index >= 15 is 0 Å². The van der Waals surface area contributed by atoms with Gasteiger partial charge in [-0.25, -0.2) is 9.97 Å². The molecule has 6 heteroatoms. The Morgan fingerprint density at radius 1 is 1.17 bits per heavy atom. The lowest BCUT2D eigenvalue weighted by Gasteiger charge is -2.33. The Labute approximate surface area is 137 Å². The van der Waals surface area contributed by atoms with Crippen LogP contribution in [0.15, 0.2) is 18.6 Å². The molecule has 1 atom stereocenters. The lowest BCUT2D eigenvalue weighted by atomic mass is 9.97. The van der Waals surface area contributed by atoms with Crippen LogP contribution in [0, 0.1) is 0 Å². The van der Waals surface area contributed by atoms with Gasteiger partial charge in [-0.2, -0.15) is 0 Å². The zero-order chi connectivity index (χ0) is 15.8. The van der Waals surface area contributed by atoms with E-state index in [1.165, 1.54) is 25.7 Å². The quantitative estimate of drug-likeness (QED) is 0.868. The SMILES string of the molecule is CC(C)n1cnnc1C1CCCN(c2ccnc(C3CC3)n2)C1. The Kier molecular flexibility index (Phi) is 3.75. The molecule has 4 rings (SSSR count). The van der Waals surface area contributed by atoms with Crippen LogP contribution in [-0.4, -0.2) is 37.8 Å². The molecule has 3 heterocycles. The third-order valence-corrected chi connectivity index (χ3v) is 4.87. The van der Waals surface area contributed by atoms with Crippen LogP contribution in [0.1, 0.15) is 69.1 Å². The molecule has 0 bridgehead atoms. The summed E-state index contributed by atoms with van der Waals surface area (Å²) < 4.78 is 2.20. The van der Waals surface area contributed by atoms with Crippen molar-refractivity contribution in [2.75, 3.05) is 18.0 Å². The number of nitrogens with zero attached hydrogens (tertiary/aromatic N) is 6. The molecule has 0 radical (unpaired) electrons. The molecule has 0 N–H and O–H groups in total. The van der Waals surface area contributed by atoms with Gasteiger partial charge in [-0.3, -0.25) is 0 Å². The molecule has 0 aromatic carbocycles. The van der Waals surface area contributed by atoms with Crippen LogP contribution in [0.5, 0.6) is 0 Å². The third kappa shape index (κ3) is 2.94. The highest BCUT2D eigenvalue weighted by molar-refractivity contribution is 5.39. The van der Waals surface area contributed by atoms with Crippen molar-refractivity contribution < 1.29 is 0 Å². The van der Waals surface area contributed by atoms with Gasteiger partial charge in [-0.05, 0) is 45.6 Å². The van der Waals surface area contributed by atoms with Gasteiger partial charge in [0.15, 0.2) is 0 Å². The lowest BCUT2D eigenvalue weighted by Crippen LogP contribution is -2.36. The molecule has 2 aromatic heterocycles. The first-order valence-corrected chi connectivity index (χ1v) is 8.69. The van der Waals surface area contributed by atoms with E-state index in [9.17, 15) is 0 Å². The summed E-state index contributed by atoms with van der Waals surface area (Å²) in [7, 11) is 0.